The summed E-state index contributed by atoms with van der Waals surface area (Å²) in [6, 6.07) is 14.7. The zero-order valence-electron chi connectivity index (χ0n) is 14.3. The summed E-state index contributed by atoms with van der Waals surface area (Å²) >= 11 is 6.79. The van der Waals surface area contributed by atoms with Crippen LogP contribution in [-0.2, 0) is 4.79 Å². The van der Waals surface area contributed by atoms with Crippen molar-refractivity contribution >= 4 is 52.0 Å². The van der Waals surface area contributed by atoms with Gasteiger partial charge in [0.25, 0.3) is 11.1 Å². The third-order valence-electron chi connectivity index (χ3n) is 3.82. The van der Waals surface area contributed by atoms with Crippen LogP contribution < -0.4 is 9.80 Å². The number of nitrogens with zero attached hydrogens (tertiary/aromatic N) is 2. The molecule has 0 aromatic heterocycles. The van der Waals surface area contributed by atoms with E-state index in [2.05, 4.69) is 0 Å². The van der Waals surface area contributed by atoms with Gasteiger partial charge >= 0.3 is 0 Å². The van der Waals surface area contributed by atoms with Crippen molar-refractivity contribution in [2.24, 2.45) is 0 Å². The first kappa shape index (κ1) is 18.3. The van der Waals surface area contributed by atoms with Crippen molar-refractivity contribution in [3.05, 3.63) is 76.2 Å². The average molecular weight is 385 g/mol. The molecule has 0 atom stereocenters. The summed E-state index contributed by atoms with van der Waals surface area (Å²) in [5.74, 6) is -0.324. The largest absolute Gasteiger partial charge is 0.378 e. The van der Waals surface area contributed by atoms with Gasteiger partial charge in [0, 0.05) is 24.8 Å². The van der Waals surface area contributed by atoms with E-state index < -0.39 is 0 Å². The number of anilines is 2. The molecule has 26 heavy (non-hydrogen) atoms. The Hall–Kier alpha value is -2.50. The molecule has 0 aliphatic carbocycles. The summed E-state index contributed by atoms with van der Waals surface area (Å²) in [6.45, 7) is 0. The maximum Gasteiger partial charge on any atom is 0.298 e. The van der Waals surface area contributed by atoms with Crippen LogP contribution in [0.25, 0.3) is 6.08 Å². The molecule has 132 valence electrons. The van der Waals surface area contributed by atoms with Crippen molar-refractivity contribution in [1.29, 1.82) is 0 Å². The van der Waals surface area contributed by atoms with Crippen LogP contribution in [0.3, 0.4) is 0 Å². The predicted octanol–water partition coefficient (Wildman–Crippen LogP) is 5.20. The van der Waals surface area contributed by atoms with Crippen molar-refractivity contribution < 1.29 is 9.59 Å². The SMILES string of the molecule is CN(C)c1ccc(/C=C/C=C2\SC(=O)N(c3ccc(Cl)cc3)C2=O)cc1. The highest BCUT2D eigenvalue weighted by atomic mass is 35.5. The minimum atomic E-state index is -0.324. The van der Waals surface area contributed by atoms with E-state index in [9.17, 15) is 9.59 Å². The number of rotatable bonds is 4. The van der Waals surface area contributed by atoms with Crippen molar-refractivity contribution in [3.63, 3.8) is 0 Å². The molecule has 0 unspecified atom stereocenters. The van der Waals surface area contributed by atoms with Gasteiger partial charge in [-0.25, -0.2) is 4.90 Å². The van der Waals surface area contributed by atoms with Crippen molar-refractivity contribution in [1.82, 2.24) is 0 Å². The molecule has 0 bridgehead atoms. The van der Waals surface area contributed by atoms with Gasteiger partial charge in [-0.05, 0) is 59.8 Å². The number of carbonyl (C=O) groups excluding carboxylic acids is 2. The number of carbonyl (C=O) groups is 2. The second-order valence-corrected chi connectivity index (χ2v) is 7.29. The first-order valence-electron chi connectivity index (χ1n) is 7.93. The number of benzene rings is 2. The number of halogens is 1. The van der Waals surface area contributed by atoms with E-state index >= 15 is 0 Å². The Kier molecular flexibility index (Phi) is 5.49. The zero-order chi connectivity index (χ0) is 18.7. The Labute approximate surface area is 161 Å². The molecular formula is C20H17ClN2O2S. The van der Waals surface area contributed by atoms with Crippen LogP contribution in [0.1, 0.15) is 5.56 Å². The third kappa shape index (κ3) is 4.00. The molecule has 1 aliphatic rings. The van der Waals surface area contributed by atoms with E-state index in [-0.39, 0.29) is 11.1 Å². The van der Waals surface area contributed by atoms with E-state index in [0.29, 0.717) is 15.6 Å². The summed E-state index contributed by atoms with van der Waals surface area (Å²) in [5, 5.41) is 0.242. The average Bonchev–Trinajstić information content (AvgIpc) is 2.90. The molecular weight excluding hydrogens is 368 g/mol. The van der Waals surface area contributed by atoms with Gasteiger partial charge in [-0.1, -0.05) is 35.9 Å². The second kappa shape index (κ2) is 7.81. The van der Waals surface area contributed by atoms with Gasteiger partial charge in [-0.2, -0.15) is 0 Å². The van der Waals surface area contributed by atoms with Crippen molar-refractivity contribution in [2.75, 3.05) is 23.9 Å². The van der Waals surface area contributed by atoms with Gasteiger partial charge in [0.05, 0.1) is 10.6 Å². The van der Waals surface area contributed by atoms with Crippen LogP contribution in [0.15, 0.2) is 65.6 Å². The smallest absolute Gasteiger partial charge is 0.298 e. The molecule has 0 radical (unpaired) electrons. The fourth-order valence-electron chi connectivity index (χ4n) is 2.42. The zero-order valence-corrected chi connectivity index (χ0v) is 15.9. The summed E-state index contributed by atoms with van der Waals surface area (Å²) in [5.41, 5.74) is 2.65. The number of hydrogen-bond donors (Lipinski definition) is 0. The first-order chi connectivity index (χ1) is 12.5. The molecule has 0 saturated carbocycles. The minimum absolute atomic E-state index is 0.313. The van der Waals surface area contributed by atoms with Gasteiger partial charge in [-0.15, -0.1) is 0 Å². The van der Waals surface area contributed by atoms with Crippen molar-refractivity contribution in [3.8, 4) is 0 Å². The summed E-state index contributed by atoms with van der Waals surface area (Å²) in [7, 11) is 3.98. The Morgan fingerprint density at radius 1 is 1.00 bits per heavy atom. The maximum absolute atomic E-state index is 12.5. The lowest BCUT2D eigenvalue weighted by Crippen LogP contribution is -2.27. The van der Waals surface area contributed by atoms with Gasteiger partial charge < -0.3 is 4.90 Å². The minimum Gasteiger partial charge on any atom is -0.378 e. The first-order valence-corrected chi connectivity index (χ1v) is 9.13. The fourth-order valence-corrected chi connectivity index (χ4v) is 3.34. The maximum atomic E-state index is 12.5. The lowest BCUT2D eigenvalue weighted by atomic mass is 10.2. The van der Waals surface area contributed by atoms with E-state index in [0.717, 1.165) is 27.9 Å². The van der Waals surface area contributed by atoms with E-state index in [1.54, 1.807) is 36.4 Å². The van der Waals surface area contributed by atoms with Crippen LogP contribution in [0.4, 0.5) is 16.2 Å². The molecule has 0 N–H and O–H groups in total. The lowest BCUT2D eigenvalue weighted by molar-refractivity contribution is -0.113. The van der Waals surface area contributed by atoms with Crippen LogP contribution in [-0.4, -0.2) is 25.2 Å². The Bertz CT molecular complexity index is 887. The number of amides is 2. The standard InChI is InChI=1S/C20H17ClN2O2S/c1-22(2)16-10-6-14(7-11-16)4-3-5-18-19(24)23(20(25)26-18)17-12-8-15(21)9-13-17/h3-13H,1-2H3/b4-3+,18-5-. The molecule has 4 nitrogen and oxygen atoms in total. The molecule has 0 spiro atoms. The molecule has 1 saturated heterocycles. The Morgan fingerprint density at radius 3 is 2.27 bits per heavy atom. The van der Waals surface area contributed by atoms with Crippen LogP contribution in [0, 0.1) is 0 Å². The third-order valence-corrected chi connectivity index (χ3v) is 4.96. The number of thioether (sulfide) groups is 1. The molecule has 2 aromatic rings. The van der Waals surface area contributed by atoms with Gasteiger partial charge in [0.2, 0.25) is 0 Å². The summed E-state index contributed by atoms with van der Waals surface area (Å²) in [6.07, 6.45) is 5.35. The fraction of sp³-hybridized carbons (Fsp3) is 0.100. The van der Waals surface area contributed by atoms with E-state index in [1.165, 1.54) is 0 Å². The molecule has 2 amide bonds. The molecule has 1 heterocycles. The number of imide groups is 1. The second-order valence-electron chi connectivity index (χ2n) is 5.86. The molecule has 3 rings (SSSR count). The molecule has 6 heteroatoms. The van der Waals surface area contributed by atoms with E-state index in [4.69, 9.17) is 11.6 Å². The Morgan fingerprint density at radius 2 is 1.65 bits per heavy atom. The highest BCUT2D eigenvalue weighted by Crippen LogP contribution is 2.34. The Balaban J connectivity index is 1.74. The molecule has 1 fully saturated rings. The summed E-state index contributed by atoms with van der Waals surface area (Å²) < 4.78 is 0. The quantitative estimate of drug-likeness (QED) is 0.679. The van der Waals surface area contributed by atoms with Crippen LogP contribution in [0.2, 0.25) is 5.02 Å². The highest BCUT2D eigenvalue weighted by Gasteiger charge is 2.35. The van der Waals surface area contributed by atoms with Gasteiger partial charge in [-0.3, -0.25) is 9.59 Å². The predicted molar refractivity (Wildman–Crippen MR) is 110 cm³/mol. The van der Waals surface area contributed by atoms with Crippen molar-refractivity contribution in [2.45, 2.75) is 0 Å². The van der Waals surface area contributed by atoms with Crippen LogP contribution in [0.5, 0.6) is 0 Å². The lowest BCUT2D eigenvalue weighted by Gasteiger charge is -2.12. The van der Waals surface area contributed by atoms with E-state index in [1.807, 2.05) is 49.3 Å². The monoisotopic (exact) mass is 384 g/mol. The number of hydrogen-bond acceptors (Lipinski definition) is 4. The van der Waals surface area contributed by atoms with Gasteiger partial charge in [0.1, 0.15) is 0 Å². The van der Waals surface area contributed by atoms with Crippen LogP contribution >= 0.6 is 23.4 Å². The normalized spacial score (nSPS) is 16.1. The summed E-state index contributed by atoms with van der Waals surface area (Å²) in [4.78, 5) is 28.3. The topological polar surface area (TPSA) is 40.6 Å². The highest BCUT2D eigenvalue weighted by molar-refractivity contribution is 8.18. The van der Waals surface area contributed by atoms with Gasteiger partial charge in [0.15, 0.2) is 0 Å². The molecule has 1 aliphatic heterocycles. The molecule has 2 aromatic carbocycles. The number of allylic oxidation sites excluding steroid dienone is 2.